The molecular weight excluding hydrogens is 273 g/mol. The van der Waals surface area contributed by atoms with E-state index in [0.29, 0.717) is 12.2 Å². The molecule has 0 spiro atoms. The molecule has 1 N–H and O–H groups in total. The lowest BCUT2D eigenvalue weighted by molar-refractivity contribution is 0.0601. The van der Waals surface area contributed by atoms with Crippen LogP contribution in [0.15, 0.2) is 30.6 Å². The zero-order chi connectivity index (χ0) is 15.2. The Morgan fingerprint density at radius 1 is 1.48 bits per heavy atom. The molecule has 2 aromatic rings. The number of carbonyl (C=O) groups excluding carboxylic acids is 1. The van der Waals surface area contributed by atoms with E-state index < -0.39 is 11.8 Å². The highest BCUT2D eigenvalue weighted by atomic mass is 19.1. The molecule has 0 aliphatic carbocycles. The van der Waals surface area contributed by atoms with Gasteiger partial charge in [-0.2, -0.15) is 5.10 Å². The van der Waals surface area contributed by atoms with Crippen molar-refractivity contribution in [3.63, 3.8) is 0 Å². The molecule has 1 aromatic heterocycles. The molecule has 0 saturated carbocycles. The lowest BCUT2D eigenvalue weighted by Gasteiger charge is -2.10. The number of hydrogen-bond donors (Lipinski definition) is 1. The van der Waals surface area contributed by atoms with Crippen molar-refractivity contribution in [3.05, 3.63) is 47.5 Å². The van der Waals surface area contributed by atoms with Gasteiger partial charge in [0, 0.05) is 30.5 Å². The number of carbonyl (C=O) groups is 1. The molecule has 6 heteroatoms. The predicted molar refractivity (Wildman–Crippen MR) is 77.6 cm³/mol. The van der Waals surface area contributed by atoms with Gasteiger partial charge in [-0.05, 0) is 24.6 Å². The Morgan fingerprint density at radius 3 is 3.00 bits per heavy atom. The molecule has 0 amide bonds. The highest BCUT2D eigenvalue weighted by Crippen LogP contribution is 2.19. The third kappa shape index (κ3) is 3.81. The lowest BCUT2D eigenvalue weighted by Crippen LogP contribution is -2.08. The molecule has 1 aromatic carbocycles. The van der Waals surface area contributed by atoms with E-state index in [9.17, 15) is 9.18 Å². The first-order valence-electron chi connectivity index (χ1n) is 6.77. The summed E-state index contributed by atoms with van der Waals surface area (Å²) in [5.74, 6) is -1.05. The fourth-order valence-electron chi connectivity index (χ4n) is 2.00. The molecule has 21 heavy (non-hydrogen) atoms. The van der Waals surface area contributed by atoms with Gasteiger partial charge >= 0.3 is 5.97 Å². The van der Waals surface area contributed by atoms with Crippen LogP contribution < -0.4 is 5.32 Å². The number of rotatable bonds is 6. The minimum absolute atomic E-state index is 0.179. The number of nitrogens with zero attached hydrogens (tertiary/aromatic N) is 2. The van der Waals surface area contributed by atoms with Crippen LogP contribution in [0.2, 0.25) is 0 Å². The van der Waals surface area contributed by atoms with Crippen molar-refractivity contribution in [2.24, 2.45) is 0 Å². The molecule has 0 radical (unpaired) electrons. The molecule has 1 heterocycles. The summed E-state index contributed by atoms with van der Waals surface area (Å²) in [5.41, 5.74) is 1.70. The Bertz CT molecular complexity index is 625. The summed E-state index contributed by atoms with van der Waals surface area (Å²) in [6.07, 6.45) is 4.72. The summed E-state index contributed by atoms with van der Waals surface area (Å²) in [6.45, 7) is 3.45. The Kier molecular flexibility index (Phi) is 4.92. The van der Waals surface area contributed by atoms with Crippen LogP contribution in [-0.4, -0.2) is 22.9 Å². The molecule has 0 aliphatic heterocycles. The van der Waals surface area contributed by atoms with Crippen molar-refractivity contribution >= 4 is 11.7 Å². The van der Waals surface area contributed by atoms with Gasteiger partial charge in [-0.25, -0.2) is 9.18 Å². The molecule has 0 atom stereocenters. The summed E-state index contributed by atoms with van der Waals surface area (Å²) in [5, 5.41) is 7.34. The number of hydrogen-bond acceptors (Lipinski definition) is 4. The maximum Gasteiger partial charge on any atom is 0.340 e. The van der Waals surface area contributed by atoms with Crippen LogP contribution in [0.5, 0.6) is 0 Å². The number of aryl methyl sites for hydroxylation is 1. The molecule has 0 unspecified atom stereocenters. The van der Waals surface area contributed by atoms with Crippen LogP contribution in [-0.2, 0) is 17.8 Å². The first-order chi connectivity index (χ1) is 10.1. The number of aromatic nitrogens is 2. The van der Waals surface area contributed by atoms with Gasteiger partial charge in [-0.3, -0.25) is 4.68 Å². The smallest absolute Gasteiger partial charge is 0.340 e. The van der Waals surface area contributed by atoms with Gasteiger partial charge < -0.3 is 10.1 Å². The molecule has 5 nitrogen and oxygen atoms in total. The van der Waals surface area contributed by atoms with E-state index in [2.05, 4.69) is 22.1 Å². The normalized spacial score (nSPS) is 10.4. The standard InChI is InChI=1S/C15H18FN3O2/c1-3-6-19-10-11(9-18-19)8-17-14-5-4-12(16)7-13(14)15(20)21-2/h4-5,7,9-10,17H,3,6,8H2,1-2H3. The van der Waals surface area contributed by atoms with Crippen molar-refractivity contribution in [2.45, 2.75) is 26.4 Å². The van der Waals surface area contributed by atoms with Crippen LogP contribution in [0.3, 0.4) is 0 Å². The molecule has 112 valence electrons. The van der Waals surface area contributed by atoms with E-state index in [1.807, 2.05) is 10.9 Å². The second-order valence-electron chi connectivity index (χ2n) is 4.65. The summed E-state index contributed by atoms with van der Waals surface area (Å²) >= 11 is 0. The SMILES string of the molecule is CCCn1cc(CNc2ccc(F)cc2C(=O)OC)cn1. The van der Waals surface area contributed by atoms with Crippen molar-refractivity contribution < 1.29 is 13.9 Å². The molecule has 0 aliphatic rings. The number of methoxy groups -OCH3 is 1. The molecule has 2 rings (SSSR count). The topological polar surface area (TPSA) is 56.2 Å². The van der Waals surface area contributed by atoms with Gasteiger partial charge in [0.1, 0.15) is 5.82 Å². The highest BCUT2D eigenvalue weighted by molar-refractivity contribution is 5.95. The average Bonchev–Trinajstić information content (AvgIpc) is 2.93. The average molecular weight is 291 g/mol. The second kappa shape index (κ2) is 6.88. The molecule has 0 bridgehead atoms. The Morgan fingerprint density at radius 2 is 2.29 bits per heavy atom. The van der Waals surface area contributed by atoms with Gasteiger partial charge in [0.2, 0.25) is 0 Å². The largest absolute Gasteiger partial charge is 0.465 e. The summed E-state index contributed by atoms with van der Waals surface area (Å²) in [7, 11) is 1.27. The first kappa shape index (κ1) is 15.0. The number of halogens is 1. The summed E-state index contributed by atoms with van der Waals surface area (Å²) in [6, 6.07) is 3.99. The maximum absolute atomic E-state index is 13.2. The third-order valence-corrected chi connectivity index (χ3v) is 3.01. The van der Waals surface area contributed by atoms with E-state index >= 15 is 0 Å². The monoisotopic (exact) mass is 291 g/mol. The van der Waals surface area contributed by atoms with Crippen LogP contribution in [0.4, 0.5) is 10.1 Å². The summed E-state index contributed by atoms with van der Waals surface area (Å²) in [4.78, 5) is 11.6. The molecule has 0 fully saturated rings. The number of ether oxygens (including phenoxy) is 1. The fraction of sp³-hybridized carbons (Fsp3) is 0.333. The van der Waals surface area contributed by atoms with Crippen molar-refractivity contribution in [1.29, 1.82) is 0 Å². The first-order valence-corrected chi connectivity index (χ1v) is 6.77. The molecule has 0 saturated heterocycles. The van der Waals surface area contributed by atoms with E-state index in [4.69, 9.17) is 0 Å². The fourth-order valence-corrected chi connectivity index (χ4v) is 2.00. The number of nitrogens with one attached hydrogen (secondary N) is 1. The van der Waals surface area contributed by atoms with E-state index in [1.54, 1.807) is 6.20 Å². The Labute approximate surface area is 122 Å². The Hall–Kier alpha value is -2.37. The predicted octanol–water partition coefficient (Wildman–Crippen LogP) is 2.83. The van der Waals surface area contributed by atoms with Gasteiger partial charge in [-0.1, -0.05) is 6.92 Å². The van der Waals surface area contributed by atoms with Crippen molar-refractivity contribution in [1.82, 2.24) is 9.78 Å². The van der Waals surface area contributed by atoms with Crippen molar-refractivity contribution in [2.75, 3.05) is 12.4 Å². The number of benzene rings is 1. The van der Waals surface area contributed by atoms with Crippen LogP contribution in [0.25, 0.3) is 0 Å². The van der Waals surface area contributed by atoms with Crippen LogP contribution in [0, 0.1) is 5.82 Å². The molecular formula is C15H18FN3O2. The zero-order valence-electron chi connectivity index (χ0n) is 12.1. The van der Waals surface area contributed by atoms with Crippen molar-refractivity contribution in [3.8, 4) is 0 Å². The van der Waals surface area contributed by atoms with Gasteiger partial charge in [0.25, 0.3) is 0 Å². The van der Waals surface area contributed by atoms with Gasteiger partial charge in [0.15, 0.2) is 0 Å². The maximum atomic E-state index is 13.2. The van der Waals surface area contributed by atoms with Gasteiger partial charge in [-0.15, -0.1) is 0 Å². The van der Waals surface area contributed by atoms with Crippen LogP contribution >= 0.6 is 0 Å². The Balaban J connectivity index is 2.10. The van der Waals surface area contributed by atoms with E-state index in [-0.39, 0.29) is 5.56 Å². The van der Waals surface area contributed by atoms with Crippen LogP contribution in [0.1, 0.15) is 29.3 Å². The quantitative estimate of drug-likeness (QED) is 0.831. The lowest BCUT2D eigenvalue weighted by atomic mass is 10.1. The number of esters is 1. The highest BCUT2D eigenvalue weighted by Gasteiger charge is 2.13. The van der Waals surface area contributed by atoms with E-state index in [0.717, 1.165) is 24.6 Å². The minimum atomic E-state index is -0.571. The van der Waals surface area contributed by atoms with E-state index in [1.165, 1.54) is 19.2 Å². The third-order valence-electron chi connectivity index (χ3n) is 3.01. The zero-order valence-corrected chi connectivity index (χ0v) is 12.1. The van der Waals surface area contributed by atoms with Gasteiger partial charge in [0.05, 0.1) is 18.9 Å². The second-order valence-corrected chi connectivity index (χ2v) is 4.65. The summed E-state index contributed by atoms with van der Waals surface area (Å²) < 4.78 is 19.8. The number of anilines is 1. The minimum Gasteiger partial charge on any atom is -0.465 e.